The molecular formula is C15H20N4S. The van der Waals surface area contributed by atoms with Crippen molar-refractivity contribution in [1.29, 1.82) is 0 Å². The number of thioether (sulfide) groups is 1. The molecule has 1 aromatic heterocycles. The average Bonchev–Trinajstić information content (AvgIpc) is 3.03. The minimum absolute atomic E-state index is 0.367. The van der Waals surface area contributed by atoms with Gasteiger partial charge in [-0.2, -0.15) is 16.9 Å². The fraction of sp³-hybridized carbons (Fsp3) is 0.467. The lowest BCUT2D eigenvalue weighted by molar-refractivity contribution is 0.431. The first kappa shape index (κ1) is 13.6. The van der Waals surface area contributed by atoms with Gasteiger partial charge in [0.25, 0.3) is 0 Å². The van der Waals surface area contributed by atoms with Gasteiger partial charge in [-0.1, -0.05) is 12.1 Å². The van der Waals surface area contributed by atoms with Gasteiger partial charge in [-0.25, -0.2) is 9.67 Å². The van der Waals surface area contributed by atoms with Gasteiger partial charge in [0.05, 0.1) is 5.69 Å². The van der Waals surface area contributed by atoms with Crippen molar-refractivity contribution in [1.82, 2.24) is 20.1 Å². The molecule has 0 aliphatic carbocycles. The Bertz CT molecular complexity index is 535. The van der Waals surface area contributed by atoms with Crippen molar-refractivity contribution in [2.24, 2.45) is 0 Å². The van der Waals surface area contributed by atoms with Crippen LogP contribution in [0.15, 0.2) is 36.9 Å². The number of nitrogens with zero attached hydrogens (tertiary/aromatic N) is 3. The Morgan fingerprint density at radius 1 is 1.35 bits per heavy atom. The minimum atomic E-state index is 0.367. The van der Waals surface area contributed by atoms with Crippen molar-refractivity contribution < 1.29 is 0 Å². The van der Waals surface area contributed by atoms with Crippen LogP contribution in [0.25, 0.3) is 5.69 Å². The molecule has 2 aromatic rings. The summed E-state index contributed by atoms with van der Waals surface area (Å²) in [5, 5.41) is 7.93. The van der Waals surface area contributed by atoms with E-state index in [4.69, 9.17) is 0 Å². The summed E-state index contributed by atoms with van der Waals surface area (Å²) in [5.74, 6) is 2.56. The maximum Gasteiger partial charge on any atom is 0.138 e. The molecule has 2 heterocycles. The molecule has 106 valence electrons. The molecule has 1 aliphatic heterocycles. The number of aromatic nitrogens is 3. The van der Waals surface area contributed by atoms with E-state index in [1.54, 1.807) is 17.3 Å². The number of benzene rings is 1. The summed E-state index contributed by atoms with van der Waals surface area (Å²) in [7, 11) is 0. The van der Waals surface area contributed by atoms with Crippen molar-refractivity contribution >= 4 is 11.8 Å². The van der Waals surface area contributed by atoms with Gasteiger partial charge in [0.15, 0.2) is 0 Å². The SMILES string of the molecule is CC(NC1CCSCC1)c1cccc(-n2cncn2)c1. The van der Waals surface area contributed by atoms with E-state index >= 15 is 0 Å². The van der Waals surface area contributed by atoms with Crippen molar-refractivity contribution in [3.63, 3.8) is 0 Å². The maximum atomic E-state index is 4.18. The van der Waals surface area contributed by atoms with Crippen LogP contribution in [0.5, 0.6) is 0 Å². The standard InChI is InChI=1S/C15H20N4S/c1-12(18-14-5-7-20-8-6-14)13-3-2-4-15(9-13)19-11-16-10-17-19/h2-4,9-12,14,18H,5-8H2,1H3. The van der Waals surface area contributed by atoms with Gasteiger partial charge in [0.2, 0.25) is 0 Å². The first-order valence-corrected chi connectivity index (χ1v) is 8.27. The largest absolute Gasteiger partial charge is 0.307 e. The second-order valence-electron chi connectivity index (χ2n) is 5.21. The van der Waals surface area contributed by atoms with Gasteiger partial charge in [-0.05, 0) is 49.0 Å². The summed E-state index contributed by atoms with van der Waals surface area (Å²) in [6, 6.07) is 9.52. The summed E-state index contributed by atoms with van der Waals surface area (Å²) < 4.78 is 1.80. The average molecular weight is 288 g/mol. The molecule has 5 heteroatoms. The molecule has 1 unspecified atom stereocenters. The van der Waals surface area contributed by atoms with Crippen LogP contribution in [0, 0.1) is 0 Å². The Kier molecular flexibility index (Phi) is 4.38. The predicted octanol–water partition coefficient (Wildman–Crippen LogP) is 2.81. The number of rotatable bonds is 4. The first-order chi connectivity index (χ1) is 9.83. The highest BCUT2D eigenvalue weighted by Gasteiger charge is 2.16. The number of hydrogen-bond donors (Lipinski definition) is 1. The summed E-state index contributed by atoms with van der Waals surface area (Å²) in [6.07, 6.45) is 5.85. The van der Waals surface area contributed by atoms with Crippen LogP contribution in [0.1, 0.15) is 31.4 Å². The van der Waals surface area contributed by atoms with Crippen LogP contribution >= 0.6 is 11.8 Å². The highest BCUT2D eigenvalue weighted by Crippen LogP contribution is 2.22. The van der Waals surface area contributed by atoms with E-state index in [1.165, 1.54) is 29.9 Å². The zero-order valence-electron chi connectivity index (χ0n) is 11.7. The van der Waals surface area contributed by atoms with Crippen LogP contribution in [0.2, 0.25) is 0 Å². The van der Waals surface area contributed by atoms with Gasteiger partial charge in [-0.3, -0.25) is 0 Å². The molecule has 0 spiro atoms. The predicted molar refractivity (Wildman–Crippen MR) is 83.3 cm³/mol. The van der Waals surface area contributed by atoms with Gasteiger partial charge in [-0.15, -0.1) is 0 Å². The molecule has 0 bridgehead atoms. The molecule has 1 fully saturated rings. The Labute approximate surface area is 124 Å². The fourth-order valence-electron chi connectivity index (χ4n) is 2.59. The third-order valence-electron chi connectivity index (χ3n) is 3.76. The summed E-state index contributed by atoms with van der Waals surface area (Å²) in [6.45, 7) is 2.24. The van der Waals surface area contributed by atoms with E-state index in [1.807, 2.05) is 0 Å². The molecular weight excluding hydrogens is 268 g/mol. The molecule has 1 aromatic carbocycles. The van der Waals surface area contributed by atoms with E-state index in [0.29, 0.717) is 12.1 Å². The highest BCUT2D eigenvalue weighted by atomic mass is 32.2. The Balaban J connectivity index is 1.71. The summed E-state index contributed by atoms with van der Waals surface area (Å²) in [5.41, 5.74) is 2.36. The van der Waals surface area contributed by atoms with Crippen molar-refractivity contribution in [2.75, 3.05) is 11.5 Å². The van der Waals surface area contributed by atoms with E-state index in [2.05, 4.69) is 58.4 Å². The van der Waals surface area contributed by atoms with Gasteiger partial charge >= 0.3 is 0 Å². The Hall–Kier alpha value is -1.33. The lowest BCUT2D eigenvalue weighted by Crippen LogP contribution is -2.34. The second kappa shape index (κ2) is 6.41. The molecule has 0 amide bonds. The topological polar surface area (TPSA) is 42.7 Å². The van der Waals surface area contributed by atoms with Crippen LogP contribution in [0.4, 0.5) is 0 Å². The molecule has 3 rings (SSSR count). The molecule has 1 atom stereocenters. The second-order valence-corrected chi connectivity index (χ2v) is 6.43. The van der Waals surface area contributed by atoms with Gasteiger partial charge in [0.1, 0.15) is 12.7 Å². The normalized spacial score (nSPS) is 18.1. The molecule has 1 aliphatic rings. The third kappa shape index (κ3) is 3.22. The van der Waals surface area contributed by atoms with Gasteiger partial charge in [0, 0.05) is 12.1 Å². The van der Waals surface area contributed by atoms with Crippen LogP contribution in [0.3, 0.4) is 0 Å². The molecule has 1 saturated heterocycles. The lowest BCUT2D eigenvalue weighted by atomic mass is 10.0. The fourth-order valence-corrected chi connectivity index (χ4v) is 3.70. The molecule has 20 heavy (non-hydrogen) atoms. The zero-order chi connectivity index (χ0) is 13.8. The van der Waals surface area contributed by atoms with Crippen molar-refractivity contribution in [2.45, 2.75) is 31.8 Å². The van der Waals surface area contributed by atoms with Crippen molar-refractivity contribution in [3.05, 3.63) is 42.5 Å². The lowest BCUT2D eigenvalue weighted by Gasteiger charge is -2.26. The summed E-state index contributed by atoms with van der Waals surface area (Å²) >= 11 is 2.06. The monoisotopic (exact) mass is 288 g/mol. The molecule has 0 saturated carbocycles. The van der Waals surface area contributed by atoms with E-state index < -0.39 is 0 Å². The van der Waals surface area contributed by atoms with Crippen LogP contribution in [-0.4, -0.2) is 32.3 Å². The molecule has 0 radical (unpaired) electrons. The number of hydrogen-bond acceptors (Lipinski definition) is 4. The van der Waals surface area contributed by atoms with Gasteiger partial charge < -0.3 is 5.32 Å². The Morgan fingerprint density at radius 2 is 2.20 bits per heavy atom. The minimum Gasteiger partial charge on any atom is -0.307 e. The highest BCUT2D eigenvalue weighted by molar-refractivity contribution is 7.99. The van der Waals surface area contributed by atoms with E-state index in [-0.39, 0.29) is 0 Å². The quantitative estimate of drug-likeness (QED) is 0.939. The van der Waals surface area contributed by atoms with Crippen molar-refractivity contribution in [3.8, 4) is 5.69 Å². The third-order valence-corrected chi connectivity index (χ3v) is 4.81. The zero-order valence-corrected chi connectivity index (χ0v) is 12.5. The molecule has 1 N–H and O–H groups in total. The first-order valence-electron chi connectivity index (χ1n) is 7.11. The maximum absolute atomic E-state index is 4.18. The van der Waals surface area contributed by atoms with Crippen LogP contribution in [-0.2, 0) is 0 Å². The van der Waals surface area contributed by atoms with E-state index in [9.17, 15) is 0 Å². The van der Waals surface area contributed by atoms with Crippen LogP contribution < -0.4 is 5.32 Å². The number of nitrogens with one attached hydrogen (secondary N) is 1. The summed E-state index contributed by atoms with van der Waals surface area (Å²) in [4.78, 5) is 4.00. The Morgan fingerprint density at radius 3 is 2.95 bits per heavy atom. The molecule has 4 nitrogen and oxygen atoms in total. The van der Waals surface area contributed by atoms with E-state index in [0.717, 1.165) is 5.69 Å². The smallest absolute Gasteiger partial charge is 0.138 e.